The molecule has 1 aromatic carbocycles. The summed E-state index contributed by atoms with van der Waals surface area (Å²) < 4.78 is 39.2. The van der Waals surface area contributed by atoms with E-state index in [0.29, 0.717) is 16.8 Å². The molecule has 0 aliphatic heterocycles. The number of nitrogens with two attached hydrogens (primary N) is 2. The van der Waals surface area contributed by atoms with E-state index in [9.17, 15) is 18.4 Å². The van der Waals surface area contributed by atoms with E-state index in [4.69, 9.17) is 11.5 Å². The van der Waals surface area contributed by atoms with Crippen LogP contribution in [0.15, 0.2) is 24.3 Å². The quantitative estimate of drug-likeness (QED) is 0.894. The molecule has 0 saturated carbocycles. The van der Waals surface area contributed by atoms with Gasteiger partial charge in [-0.05, 0) is 12.5 Å². The van der Waals surface area contributed by atoms with E-state index >= 15 is 0 Å². The number of aromatic nitrogens is 2. The van der Waals surface area contributed by atoms with Crippen LogP contribution in [0, 0.1) is 11.3 Å². The van der Waals surface area contributed by atoms with Crippen LogP contribution in [0.2, 0.25) is 0 Å². The molecular weight excluding hydrogens is 331 g/mol. The van der Waals surface area contributed by atoms with E-state index in [-0.39, 0.29) is 29.5 Å². The molecule has 0 amide bonds. The maximum Gasteiger partial charge on any atom is 0.410 e. The van der Waals surface area contributed by atoms with Crippen molar-refractivity contribution in [2.75, 3.05) is 5.73 Å². The fourth-order valence-electron chi connectivity index (χ4n) is 1.99. The molecule has 1 aromatic heterocycles. The number of alkyl halides is 3. The average molecular weight is 346 g/mol. The predicted octanol–water partition coefficient (Wildman–Crippen LogP) is 3.01. The summed E-state index contributed by atoms with van der Waals surface area (Å²) in [7, 11) is 0. The molecule has 0 aliphatic rings. The Kier molecular flexibility index (Phi) is 5.64. The minimum Gasteiger partial charge on any atom is -0.383 e. The summed E-state index contributed by atoms with van der Waals surface area (Å²) in [4.78, 5) is 0. The zero-order valence-corrected chi connectivity index (χ0v) is 12.9. The molecule has 0 bridgehead atoms. The van der Waals surface area contributed by atoms with Gasteiger partial charge >= 0.3 is 6.18 Å². The highest BCUT2D eigenvalue weighted by molar-refractivity contribution is 5.85. The molecule has 0 radical (unpaired) electrons. The van der Waals surface area contributed by atoms with E-state index in [1.807, 2.05) is 6.07 Å². The van der Waals surface area contributed by atoms with Crippen molar-refractivity contribution in [1.82, 2.24) is 9.78 Å². The summed E-state index contributed by atoms with van der Waals surface area (Å²) in [6.45, 7) is 1.28. The second-order valence-electron chi connectivity index (χ2n) is 4.78. The van der Waals surface area contributed by atoms with Gasteiger partial charge in [0.2, 0.25) is 0 Å². The van der Waals surface area contributed by atoms with Crippen LogP contribution < -0.4 is 11.5 Å². The van der Waals surface area contributed by atoms with Crippen molar-refractivity contribution in [3.05, 3.63) is 35.4 Å². The summed E-state index contributed by atoms with van der Waals surface area (Å²) in [6.07, 6.45) is -4.51. The second kappa shape index (κ2) is 6.89. The van der Waals surface area contributed by atoms with Gasteiger partial charge in [0.05, 0.1) is 0 Å². The molecule has 2 rings (SSSR count). The zero-order chi connectivity index (χ0) is 16.5. The highest BCUT2D eigenvalue weighted by Gasteiger charge is 2.40. The number of nitrogens with zero attached hydrogens (tertiary/aromatic N) is 3. The Labute approximate surface area is 137 Å². The van der Waals surface area contributed by atoms with E-state index in [2.05, 4.69) is 5.10 Å². The lowest BCUT2D eigenvalue weighted by atomic mass is 10.1. The van der Waals surface area contributed by atoms with Crippen LogP contribution >= 0.6 is 12.4 Å². The van der Waals surface area contributed by atoms with Gasteiger partial charge in [0, 0.05) is 12.1 Å². The van der Waals surface area contributed by atoms with Crippen LogP contribution in [0.5, 0.6) is 0 Å². The molecule has 1 heterocycles. The molecule has 9 heteroatoms. The van der Waals surface area contributed by atoms with Crippen LogP contribution in [0.4, 0.5) is 19.0 Å². The summed E-state index contributed by atoms with van der Waals surface area (Å²) in [5, 5.41) is 13.1. The number of nitriles is 1. The molecule has 4 N–H and O–H groups in total. The Morgan fingerprint density at radius 1 is 1.30 bits per heavy atom. The molecule has 0 aliphatic carbocycles. The summed E-state index contributed by atoms with van der Waals surface area (Å²) in [6, 6.07) is 6.63. The van der Waals surface area contributed by atoms with Crippen molar-refractivity contribution in [3.8, 4) is 17.3 Å². The van der Waals surface area contributed by atoms with Crippen LogP contribution in [-0.2, 0) is 6.54 Å². The van der Waals surface area contributed by atoms with Crippen LogP contribution in [0.25, 0.3) is 11.3 Å². The average Bonchev–Trinajstić information content (AvgIpc) is 2.82. The van der Waals surface area contributed by atoms with Gasteiger partial charge in [0.15, 0.2) is 0 Å². The van der Waals surface area contributed by atoms with Gasteiger partial charge in [0.25, 0.3) is 0 Å². The lowest BCUT2D eigenvalue weighted by Gasteiger charge is -2.16. The molecular formula is C14H15ClF3N5. The first-order valence-corrected chi connectivity index (χ1v) is 6.43. The van der Waals surface area contributed by atoms with E-state index < -0.39 is 12.2 Å². The summed E-state index contributed by atoms with van der Waals surface area (Å²) >= 11 is 0. The SMILES string of the molecule is CC(n1nc(-c2ccc(CN)cc2)c(C#N)c1N)C(F)(F)F.Cl. The van der Waals surface area contributed by atoms with Gasteiger partial charge in [-0.15, -0.1) is 12.4 Å². The van der Waals surface area contributed by atoms with E-state index in [0.717, 1.165) is 12.5 Å². The smallest absolute Gasteiger partial charge is 0.383 e. The van der Waals surface area contributed by atoms with Crippen LogP contribution in [0.3, 0.4) is 0 Å². The monoisotopic (exact) mass is 345 g/mol. The number of hydrogen-bond acceptors (Lipinski definition) is 4. The van der Waals surface area contributed by atoms with Gasteiger partial charge in [-0.25, -0.2) is 4.68 Å². The lowest BCUT2D eigenvalue weighted by Crippen LogP contribution is -2.25. The Morgan fingerprint density at radius 2 is 1.87 bits per heavy atom. The third-order valence-corrected chi connectivity index (χ3v) is 3.36. The summed E-state index contributed by atoms with van der Waals surface area (Å²) in [5.74, 6) is -0.301. The molecule has 1 atom stereocenters. The number of benzene rings is 1. The Balaban J connectivity index is 0.00000264. The fraction of sp³-hybridized carbons (Fsp3) is 0.286. The van der Waals surface area contributed by atoms with E-state index in [1.54, 1.807) is 24.3 Å². The molecule has 124 valence electrons. The zero-order valence-electron chi connectivity index (χ0n) is 12.1. The molecule has 23 heavy (non-hydrogen) atoms. The fourth-order valence-corrected chi connectivity index (χ4v) is 1.99. The predicted molar refractivity (Wildman–Crippen MR) is 82.7 cm³/mol. The van der Waals surface area contributed by atoms with Crippen molar-refractivity contribution in [3.63, 3.8) is 0 Å². The Morgan fingerprint density at radius 3 is 2.30 bits per heavy atom. The minimum atomic E-state index is -4.51. The van der Waals surface area contributed by atoms with Crippen molar-refractivity contribution in [2.24, 2.45) is 5.73 Å². The van der Waals surface area contributed by atoms with Gasteiger partial charge in [-0.3, -0.25) is 0 Å². The first-order chi connectivity index (χ1) is 10.3. The highest BCUT2D eigenvalue weighted by atomic mass is 35.5. The van der Waals surface area contributed by atoms with Gasteiger partial charge in [-0.1, -0.05) is 24.3 Å². The molecule has 5 nitrogen and oxygen atoms in total. The lowest BCUT2D eigenvalue weighted by molar-refractivity contribution is -0.164. The van der Waals surface area contributed by atoms with Crippen molar-refractivity contribution >= 4 is 18.2 Å². The molecule has 0 saturated heterocycles. The number of halogens is 4. The van der Waals surface area contributed by atoms with Crippen molar-refractivity contribution in [1.29, 1.82) is 5.26 Å². The van der Waals surface area contributed by atoms with Crippen LogP contribution in [0.1, 0.15) is 24.1 Å². The maximum absolute atomic E-state index is 12.8. The third kappa shape index (κ3) is 3.57. The normalized spacial score (nSPS) is 12.3. The minimum absolute atomic E-state index is 0. The number of hydrogen-bond donors (Lipinski definition) is 2. The first-order valence-electron chi connectivity index (χ1n) is 6.43. The van der Waals surface area contributed by atoms with Crippen molar-refractivity contribution < 1.29 is 13.2 Å². The standard InChI is InChI=1S/C14H14F3N5.ClH/c1-8(14(15,16)17)22-13(20)11(7-19)12(21-22)10-4-2-9(6-18)3-5-10;/h2-5,8H,6,18,20H2,1H3;1H. The largest absolute Gasteiger partial charge is 0.410 e. The molecule has 0 spiro atoms. The number of rotatable bonds is 3. The van der Waals surface area contributed by atoms with Crippen LogP contribution in [-0.4, -0.2) is 16.0 Å². The topological polar surface area (TPSA) is 93.6 Å². The van der Waals surface area contributed by atoms with Gasteiger partial charge in [-0.2, -0.15) is 23.5 Å². The molecule has 0 fully saturated rings. The Bertz CT molecular complexity index is 716. The first kappa shape index (κ1) is 18.8. The van der Waals surface area contributed by atoms with Gasteiger partial charge < -0.3 is 11.5 Å². The third-order valence-electron chi connectivity index (χ3n) is 3.36. The maximum atomic E-state index is 12.8. The Hall–Kier alpha value is -2.24. The van der Waals surface area contributed by atoms with E-state index in [1.165, 1.54) is 0 Å². The molecule has 2 aromatic rings. The summed E-state index contributed by atoms with van der Waals surface area (Å²) in [5.41, 5.74) is 12.6. The highest BCUT2D eigenvalue weighted by Crippen LogP contribution is 2.35. The van der Waals surface area contributed by atoms with Gasteiger partial charge in [0.1, 0.15) is 29.2 Å². The molecule has 1 unspecified atom stereocenters. The van der Waals surface area contributed by atoms with Crippen molar-refractivity contribution in [2.45, 2.75) is 25.7 Å². The second-order valence-corrected chi connectivity index (χ2v) is 4.78. The number of nitrogen functional groups attached to an aromatic ring is 1. The number of anilines is 1.